The third-order valence-corrected chi connectivity index (χ3v) is 5.06. The van der Waals surface area contributed by atoms with Gasteiger partial charge in [-0.1, -0.05) is 0 Å². The Morgan fingerprint density at radius 1 is 1.50 bits per heavy atom. The van der Waals surface area contributed by atoms with Crippen molar-refractivity contribution >= 4 is 15.7 Å². The molecule has 1 aliphatic heterocycles. The summed E-state index contributed by atoms with van der Waals surface area (Å²) in [6, 6.07) is 3.00. The Hall–Kier alpha value is -1.18. The summed E-state index contributed by atoms with van der Waals surface area (Å²) in [5.74, 6) is -0.754. The molecule has 1 atom stereocenters. The van der Waals surface area contributed by atoms with E-state index in [4.69, 9.17) is 10.8 Å². The molecule has 0 unspecified atom stereocenters. The summed E-state index contributed by atoms with van der Waals surface area (Å²) in [7, 11) is -3.76. The van der Waals surface area contributed by atoms with Gasteiger partial charge in [-0.15, -0.1) is 0 Å². The molecule has 3 N–H and O–H groups in total. The molecule has 0 aliphatic carbocycles. The summed E-state index contributed by atoms with van der Waals surface area (Å²) in [5, 5.41) is 9.15. The van der Waals surface area contributed by atoms with Crippen LogP contribution in [0.15, 0.2) is 23.1 Å². The van der Waals surface area contributed by atoms with E-state index in [0.29, 0.717) is 19.4 Å². The van der Waals surface area contributed by atoms with Crippen LogP contribution in [0.4, 0.5) is 10.1 Å². The van der Waals surface area contributed by atoms with Gasteiger partial charge < -0.3 is 10.8 Å². The first kappa shape index (κ1) is 13.3. The third-order valence-electron chi connectivity index (χ3n) is 3.11. The molecule has 1 heterocycles. The van der Waals surface area contributed by atoms with Crippen molar-refractivity contribution in [2.75, 3.05) is 18.9 Å². The number of anilines is 1. The van der Waals surface area contributed by atoms with Gasteiger partial charge in [0, 0.05) is 12.6 Å². The highest BCUT2D eigenvalue weighted by Gasteiger charge is 2.35. The third kappa shape index (κ3) is 2.21. The van der Waals surface area contributed by atoms with Gasteiger partial charge >= 0.3 is 0 Å². The lowest BCUT2D eigenvalue weighted by Crippen LogP contribution is -2.37. The van der Waals surface area contributed by atoms with Crippen LogP contribution in [0.3, 0.4) is 0 Å². The predicted molar refractivity (Wildman–Crippen MR) is 64.8 cm³/mol. The molecular weight excluding hydrogens is 259 g/mol. The quantitative estimate of drug-likeness (QED) is 0.789. The molecule has 7 heteroatoms. The van der Waals surface area contributed by atoms with E-state index in [9.17, 15) is 12.8 Å². The van der Waals surface area contributed by atoms with Crippen LogP contribution < -0.4 is 5.73 Å². The van der Waals surface area contributed by atoms with E-state index >= 15 is 0 Å². The number of aliphatic hydroxyl groups is 1. The fraction of sp³-hybridized carbons (Fsp3) is 0.455. The molecule has 0 saturated carbocycles. The number of nitrogens with zero attached hydrogens (tertiary/aromatic N) is 1. The standard InChI is InChI=1S/C11H15FN2O3S/c12-10-6-9(3-4-11(10)13)18(16,17)14-5-1-2-8(14)7-15/h3-4,6,8,15H,1-2,5,7,13H2/t8-/m0/s1. The SMILES string of the molecule is Nc1ccc(S(=O)(=O)N2CCC[C@H]2CO)cc1F. The Bertz CT molecular complexity index is 547. The zero-order valence-corrected chi connectivity index (χ0v) is 10.5. The van der Waals surface area contributed by atoms with Crippen molar-refractivity contribution in [2.45, 2.75) is 23.8 Å². The highest BCUT2D eigenvalue weighted by Crippen LogP contribution is 2.27. The number of benzene rings is 1. The van der Waals surface area contributed by atoms with E-state index in [2.05, 4.69) is 0 Å². The largest absolute Gasteiger partial charge is 0.396 e. The van der Waals surface area contributed by atoms with Gasteiger partial charge in [-0.05, 0) is 31.0 Å². The second-order valence-corrected chi connectivity index (χ2v) is 6.17. The summed E-state index contributed by atoms with van der Waals surface area (Å²) >= 11 is 0. The maximum Gasteiger partial charge on any atom is 0.243 e. The zero-order valence-electron chi connectivity index (χ0n) is 9.71. The van der Waals surface area contributed by atoms with Crippen LogP contribution >= 0.6 is 0 Å². The molecule has 100 valence electrons. The summed E-state index contributed by atoms with van der Waals surface area (Å²) in [4.78, 5) is -0.130. The van der Waals surface area contributed by atoms with Crippen LogP contribution in [0.5, 0.6) is 0 Å². The maximum absolute atomic E-state index is 13.3. The Morgan fingerprint density at radius 2 is 2.22 bits per heavy atom. The number of sulfonamides is 1. The minimum absolute atomic E-state index is 0.0888. The molecule has 18 heavy (non-hydrogen) atoms. The van der Waals surface area contributed by atoms with Crippen molar-refractivity contribution in [2.24, 2.45) is 0 Å². The van der Waals surface area contributed by atoms with E-state index in [1.54, 1.807) is 0 Å². The highest BCUT2D eigenvalue weighted by molar-refractivity contribution is 7.89. The summed E-state index contributed by atoms with van der Waals surface area (Å²) in [6.07, 6.45) is 1.31. The molecule has 1 aromatic carbocycles. The molecule has 2 rings (SSSR count). The summed E-state index contributed by atoms with van der Waals surface area (Å²) in [6.45, 7) is 0.121. The van der Waals surface area contributed by atoms with Gasteiger partial charge in [0.25, 0.3) is 0 Å². The first-order chi connectivity index (χ1) is 8.46. The number of halogens is 1. The number of nitrogen functional groups attached to an aromatic ring is 1. The van der Waals surface area contributed by atoms with E-state index in [1.807, 2.05) is 0 Å². The van der Waals surface area contributed by atoms with Crippen molar-refractivity contribution in [3.05, 3.63) is 24.0 Å². The van der Waals surface area contributed by atoms with Crippen LogP contribution in [0.25, 0.3) is 0 Å². The van der Waals surface area contributed by atoms with Crippen molar-refractivity contribution < 1.29 is 17.9 Å². The van der Waals surface area contributed by atoms with Gasteiger partial charge in [-0.25, -0.2) is 12.8 Å². The highest BCUT2D eigenvalue weighted by atomic mass is 32.2. The lowest BCUT2D eigenvalue weighted by atomic mass is 10.2. The molecule has 1 fully saturated rings. The molecule has 1 saturated heterocycles. The minimum Gasteiger partial charge on any atom is -0.396 e. The zero-order chi connectivity index (χ0) is 13.3. The number of aliphatic hydroxyl groups excluding tert-OH is 1. The van der Waals surface area contributed by atoms with E-state index in [1.165, 1.54) is 16.4 Å². The number of rotatable bonds is 3. The van der Waals surface area contributed by atoms with Gasteiger partial charge in [-0.2, -0.15) is 4.31 Å². The Morgan fingerprint density at radius 3 is 2.83 bits per heavy atom. The van der Waals surface area contributed by atoms with Crippen molar-refractivity contribution in [1.29, 1.82) is 0 Å². The lowest BCUT2D eigenvalue weighted by molar-refractivity contribution is 0.213. The molecule has 0 bridgehead atoms. The molecular formula is C11H15FN2O3S. The first-order valence-electron chi connectivity index (χ1n) is 5.64. The number of nitrogens with two attached hydrogens (primary N) is 1. The van der Waals surface area contributed by atoms with Crippen molar-refractivity contribution in [3.63, 3.8) is 0 Å². The average Bonchev–Trinajstić information content (AvgIpc) is 2.81. The number of hydrogen-bond donors (Lipinski definition) is 2. The van der Waals surface area contributed by atoms with Gasteiger partial charge in [0.2, 0.25) is 10.0 Å². The summed E-state index contributed by atoms with van der Waals surface area (Å²) < 4.78 is 39.1. The lowest BCUT2D eigenvalue weighted by Gasteiger charge is -2.22. The molecule has 1 aliphatic rings. The molecule has 0 radical (unpaired) electrons. The first-order valence-corrected chi connectivity index (χ1v) is 7.08. The maximum atomic E-state index is 13.3. The van der Waals surface area contributed by atoms with Gasteiger partial charge in [0.15, 0.2) is 0 Å². The van der Waals surface area contributed by atoms with Crippen molar-refractivity contribution in [3.8, 4) is 0 Å². The van der Waals surface area contributed by atoms with E-state index in [-0.39, 0.29) is 17.2 Å². The Labute approximate surface area is 105 Å². The molecule has 1 aromatic rings. The van der Waals surface area contributed by atoms with Crippen LogP contribution in [-0.4, -0.2) is 37.0 Å². The molecule has 5 nitrogen and oxygen atoms in total. The normalized spacial score (nSPS) is 21.3. The molecule has 0 aromatic heterocycles. The fourth-order valence-corrected chi connectivity index (χ4v) is 3.81. The van der Waals surface area contributed by atoms with Gasteiger partial charge in [-0.3, -0.25) is 0 Å². The molecule has 0 amide bonds. The van der Waals surface area contributed by atoms with Gasteiger partial charge in [0.1, 0.15) is 5.82 Å². The van der Waals surface area contributed by atoms with Crippen LogP contribution in [-0.2, 0) is 10.0 Å². The topological polar surface area (TPSA) is 83.6 Å². The van der Waals surface area contributed by atoms with E-state index < -0.39 is 21.9 Å². The average molecular weight is 274 g/mol. The second-order valence-electron chi connectivity index (χ2n) is 4.28. The smallest absolute Gasteiger partial charge is 0.243 e. The van der Waals surface area contributed by atoms with Crippen LogP contribution in [0, 0.1) is 5.82 Å². The Balaban J connectivity index is 2.38. The fourth-order valence-electron chi connectivity index (χ4n) is 2.11. The monoisotopic (exact) mass is 274 g/mol. The molecule has 0 spiro atoms. The summed E-state index contributed by atoms with van der Waals surface area (Å²) in [5.41, 5.74) is 5.23. The van der Waals surface area contributed by atoms with Crippen LogP contribution in [0.2, 0.25) is 0 Å². The predicted octanol–water partition coefficient (Wildman–Crippen LogP) is 0.553. The van der Waals surface area contributed by atoms with Crippen LogP contribution in [0.1, 0.15) is 12.8 Å². The van der Waals surface area contributed by atoms with Crippen molar-refractivity contribution in [1.82, 2.24) is 4.31 Å². The second kappa shape index (κ2) is 4.83. The number of hydrogen-bond acceptors (Lipinski definition) is 4. The van der Waals surface area contributed by atoms with Gasteiger partial charge in [0.05, 0.1) is 17.2 Å². The minimum atomic E-state index is -3.76. The Kier molecular flexibility index (Phi) is 3.56. The van der Waals surface area contributed by atoms with E-state index in [0.717, 1.165) is 6.07 Å².